The van der Waals surface area contributed by atoms with E-state index in [9.17, 15) is 20.0 Å². The molecular weight excluding hydrogens is 356 g/mol. The Bertz CT molecular complexity index is 1040. The first-order valence-corrected chi connectivity index (χ1v) is 8.72. The Morgan fingerprint density at radius 3 is 2.75 bits per heavy atom. The first kappa shape index (κ1) is 19.1. The topological polar surface area (TPSA) is 106 Å². The standard InChI is InChI=1S/C21H20N4O3/c1-13(16-8-5-9-23-17(16)12-22)18-19(27)25(3)21(2,20(28)24-18)11-14-6-4-7-15(26)10-14/h4-10,26H,11H2,1-3H3,(H,24,28). The molecule has 7 nitrogen and oxygen atoms in total. The van der Waals surface area contributed by atoms with Crippen LogP contribution in [0.3, 0.4) is 0 Å². The molecule has 1 aromatic heterocycles. The molecule has 142 valence electrons. The van der Waals surface area contributed by atoms with Crippen molar-refractivity contribution in [1.82, 2.24) is 15.2 Å². The first-order valence-electron chi connectivity index (χ1n) is 8.72. The summed E-state index contributed by atoms with van der Waals surface area (Å²) >= 11 is 0. The molecule has 0 aliphatic carbocycles. The van der Waals surface area contributed by atoms with Gasteiger partial charge in [-0.1, -0.05) is 18.2 Å². The molecule has 2 aromatic rings. The van der Waals surface area contributed by atoms with E-state index in [1.807, 2.05) is 6.07 Å². The van der Waals surface area contributed by atoms with Gasteiger partial charge in [-0.2, -0.15) is 5.26 Å². The van der Waals surface area contributed by atoms with Gasteiger partial charge in [0.2, 0.25) is 0 Å². The molecule has 0 spiro atoms. The number of hydrogen-bond donors (Lipinski definition) is 2. The maximum absolute atomic E-state index is 13.1. The van der Waals surface area contributed by atoms with Gasteiger partial charge < -0.3 is 15.3 Å². The molecule has 1 unspecified atom stereocenters. The number of allylic oxidation sites excluding steroid dienone is 1. The predicted octanol–water partition coefficient (Wildman–Crippen LogP) is 1.98. The molecular formula is C21H20N4O3. The van der Waals surface area contributed by atoms with Crippen molar-refractivity contribution in [1.29, 1.82) is 5.26 Å². The van der Waals surface area contributed by atoms with Crippen LogP contribution in [0, 0.1) is 11.3 Å². The second-order valence-electron chi connectivity index (χ2n) is 6.95. The molecule has 28 heavy (non-hydrogen) atoms. The Balaban J connectivity index is 1.99. The van der Waals surface area contributed by atoms with Crippen molar-refractivity contribution in [2.75, 3.05) is 7.05 Å². The Labute approximate surface area is 162 Å². The molecule has 2 amide bonds. The molecule has 0 bridgehead atoms. The van der Waals surface area contributed by atoms with Crippen LogP contribution in [0.15, 0.2) is 48.3 Å². The lowest BCUT2D eigenvalue weighted by atomic mass is 9.87. The number of benzene rings is 1. The number of carbonyl (C=O) groups is 2. The SMILES string of the molecule is CC(=C1NC(=O)C(C)(Cc2cccc(O)c2)N(C)C1=O)c1cccnc1C#N. The average Bonchev–Trinajstić information content (AvgIpc) is 2.69. The molecule has 7 heteroatoms. The number of rotatable bonds is 3. The smallest absolute Gasteiger partial charge is 0.271 e. The number of likely N-dealkylation sites (N-methyl/N-ethyl adjacent to an activating group) is 1. The minimum atomic E-state index is -1.12. The number of phenolic OH excluding ortho intramolecular Hbond substituents is 1. The summed E-state index contributed by atoms with van der Waals surface area (Å²) in [6.07, 6.45) is 1.75. The van der Waals surface area contributed by atoms with Crippen LogP contribution >= 0.6 is 0 Å². The summed E-state index contributed by atoms with van der Waals surface area (Å²) in [6.45, 7) is 3.36. The largest absolute Gasteiger partial charge is 0.508 e. The van der Waals surface area contributed by atoms with E-state index < -0.39 is 5.54 Å². The quantitative estimate of drug-likeness (QED) is 0.797. The fourth-order valence-corrected chi connectivity index (χ4v) is 3.29. The lowest BCUT2D eigenvalue weighted by Gasteiger charge is -2.42. The highest BCUT2D eigenvalue weighted by atomic mass is 16.3. The summed E-state index contributed by atoms with van der Waals surface area (Å²) in [5.74, 6) is -0.592. The highest BCUT2D eigenvalue weighted by Gasteiger charge is 2.46. The summed E-state index contributed by atoms with van der Waals surface area (Å²) < 4.78 is 0. The van der Waals surface area contributed by atoms with Crippen LogP contribution in [-0.2, 0) is 16.0 Å². The molecule has 0 radical (unpaired) electrons. The molecule has 1 aliphatic heterocycles. The zero-order valence-electron chi connectivity index (χ0n) is 15.9. The molecule has 2 N–H and O–H groups in total. The van der Waals surface area contributed by atoms with Gasteiger partial charge in [0.25, 0.3) is 11.8 Å². The van der Waals surface area contributed by atoms with E-state index in [4.69, 9.17) is 0 Å². The highest BCUT2D eigenvalue weighted by molar-refractivity contribution is 6.10. The van der Waals surface area contributed by atoms with Gasteiger partial charge in [-0.05, 0) is 43.2 Å². The monoisotopic (exact) mass is 376 g/mol. The highest BCUT2D eigenvalue weighted by Crippen LogP contribution is 2.30. The molecule has 1 aliphatic rings. The number of nitrogens with zero attached hydrogens (tertiary/aromatic N) is 3. The van der Waals surface area contributed by atoms with Crippen LogP contribution in [0.4, 0.5) is 0 Å². The molecule has 1 aromatic carbocycles. The van der Waals surface area contributed by atoms with E-state index in [1.54, 1.807) is 57.3 Å². The van der Waals surface area contributed by atoms with E-state index in [-0.39, 0.29) is 35.4 Å². The number of pyridine rings is 1. The number of nitrogens with one attached hydrogen (secondary N) is 1. The van der Waals surface area contributed by atoms with E-state index in [0.717, 1.165) is 5.56 Å². The third-order valence-corrected chi connectivity index (χ3v) is 5.14. The number of aromatic nitrogens is 1. The third kappa shape index (κ3) is 3.21. The Morgan fingerprint density at radius 2 is 2.07 bits per heavy atom. The summed E-state index contributed by atoms with van der Waals surface area (Å²) in [6, 6.07) is 12.0. The second-order valence-corrected chi connectivity index (χ2v) is 6.95. The predicted molar refractivity (Wildman–Crippen MR) is 103 cm³/mol. The number of amides is 2. The maximum Gasteiger partial charge on any atom is 0.271 e. The van der Waals surface area contributed by atoms with Crippen molar-refractivity contribution in [3.05, 3.63) is 65.1 Å². The zero-order valence-corrected chi connectivity index (χ0v) is 15.9. The van der Waals surface area contributed by atoms with Crippen molar-refractivity contribution in [3.63, 3.8) is 0 Å². The normalized spacial score (nSPS) is 21.1. The number of carbonyl (C=O) groups excluding carboxylic acids is 2. The minimum absolute atomic E-state index is 0.100. The molecule has 2 heterocycles. The summed E-state index contributed by atoms with van der Waals surface area (Å²) in [7, 11) is 1.57. The fourth-order valence-electron chi connectivity index (χ4n) is 3.29. The molecule has 0 saturated carbocycles. The number of piperazine rings is 1. The number of hydrogen-bond acceptors (Lipinski definition) is 5. The molecule has 1 saturated heterocycles. The summed E-state index contributed by atoms with van der Waals surface area (Å²) in [4.78, 5) is 31.5. The lowest BCUT2D eigenvalue weighted by Crippen LogP contribution is -2.64. The molecule has 1 fully saturated rings. The number of nitriles is 1. The van der Waals surface area contributed by atoms with Gasteiger partial charge in [-0.25, -0.2) is 4.98 Å². The Hall–Kier alpha value is -3.66. The summed E-state index contributed by atoms with van der Waals surface area (Å²) in [5, 5.41) is 21.7. The van der Waals surface area contributed by atoms with Crippen LogP contribution in [0.2, 0.25) is 0 Å². The van der Waals surface area contributed by atoms with Gasteiger partial charge >= 0.3 is 0 Å². The van der Waals surface area contributed by atoms with Crippen molar-refractivity contribution in [2.45, 2.75) is 25.8 Å². The van der Waals surface area contributed by atoms with Gasteiger partial charge in [0.05, 0.1) is 0 Å². The van der Waals surface area contributed by atoms with Crippen LogP contribution in [-0.4, -0.2) is 39.4 Å². The van der Waals surface area contributed by atoms with Gasteiger partial charge in [0.15, 0.2) is 0 Å². The van der Waals surface area contributed by atoms with E-state index >= 15 is 0 Å². The van der Waals surface area contributed by atoms with Crippen molar-refractivity contribution >= 4 is 17.4 Å². The van der Waals surface area contributed by atoms with Crippen LogP contribution in [0.25, 0.3) is 5.57 Å². The third-order valence-electron chi connectivity index (χ3n) is 5.14. The van der Waals surface area contributed by atoms with Crippen molar-refractivity contribution in [3.8, 4) is 11.8 Å². The minimum Gasteiger partial charge on any atom is -0.508 e. The Morgan fingerprint density at radius 1 is 1.32 bits per heavy atom. The van der Waals surface area contributed by atoms with Crippen LogP contribution < -0.4 is 5.32 Å². The first-order chi connectivity index (χ1) is 13.3. The van der Waals surface area contributed by atoms with E-state index in [1.165, 1.54) is 11.1 Å². The van der Waals surface area contributed by atoms with Crippen LogP contribution in [0.5, 0.6) is 5.75 Å². The zero-order chi connectivity index (χ0) is 20.5. The second kappa shape index (κ2) is 7.16. The summed E-state index contributed by atoms with van der Waals surface area (Å²) in [5.41, 5.74) is 0.908. The molecule has 1 atom stereocenters. The lowest BCUT2D eigenvalue weighted by molar-refractivity contribution is -0.147. The molecule has 3 rings (SSSR count). The average molecular weight is 376 g/mol. The number of aromatic hydroxyl groups is 1. The van der Waals surface area contributed by atoms with Gasteiger partial charge in [-0.15, -0.1) is 0 Å². The Kier molecular flexibility index (Phi) is 4.89. The van der Waals surface area contributed by atoms with E-state index in [2.05, 4.69) is 10.3 Å². The van der Waals surface area contributed by atoms with Crippen molar-refractivity contribution < 1.29 is 14.7 Å². The maximum atomic E-state index is 13.1. The number of phenols is 1. The fraction of sp³-hybridized carbons (Fsp3) is 0.238. The van der Waals surface area contributed by atoms with Crippen molar-refractivity contribution in [2.24, 2.45) is 0 Å². The van der Waals surface area contributed by atoms with Gasteiger partial charge in [0, 0.05) is 25.2 Å². The van der Waals surface area contributed by atoms with Crippen LogP contribution in [0.1, 0.15) is 30.7 Å². The van der Waals surface area contributed by atoms with Gasteiger partial charge in [-0.3, -0.25) is 9.59 Å². The van der Waals surface area contributed by atoms with Gasteiger partial charge in [0.1, 0.15) is 28.7 Å². The van der Waals surface area contributed by atoms with E-state index in [0.29, 0.717) is 11.1 Å².